The highest BCUT2D eigenvalue weighted by Crippen LogP contribution is 2.18. The van der Waals surface area contributed by atoms with E-state index in [1.54, 1.807) is 0 Å². The summed E-state index contributed by atoms with van der Waals surface area (Å²) in [6.07, 6.45) is 22.6. The molecule has 0 saturated carbocycles. The smallest absolute Gasteiger partial charge is 0.309 e. The highest BCUT2D eigenvalue weighted by molar-refractivity contribution is 5.79. The molecule has 162 valence electrons. The Morgan fingerprint density at radius 1 is 0.893 bits per heavy atom. The first-order chi connectivity index (χ1) is 13.6. The van der Waals surface area contributed by atoms with Crippen LogP contribution in [0.2, 0.25) is 0 Å². The summed E-state index contributed by atoms with van der Waals surface area (Å²) in [6, 6.07) is 0. The Hall–Kier alpha value is -1.58. The molecule has 1 unspecified atom stereocenters. The third kappa shape index (κ3) is 17.8. The maximum atomic E-state index is 11.9. The lowest BCUT2D eigenvalue weighted by Crippen LogP contribution is -2.21. The maximum Gasteiger partial charge on any atom is 0.309 e. The summed E-state index contributed by atoms with van der Waals surface area (Å²) in [5.41, 5.74) is 0. The van der Waals surface area contributed by atoms with Crippen LogP contribution in [0.1, 0.15) is 103 Å². The average Bonchev–Trinajstić information content (AvgIpc) is 2.67. The molecule has 0 saturated heterocycles. The molecule has 0 aliphatic rings. The van der Waals surface area contributed by atoms with Gasteiger partial charge in [-0.15, -0.1) is 0 Å². The number of aliphatic carboxylic acids is 1. The quantitative estimate of drug-likeness (QED) is 0.139. The normalized spacial score (nSPS) is 12.2. The number of esters is 1. The van der Waals surface area contributed by atoms with Crippen LogP contribution in [0, 0.1) is 5.92 Å². The van der Waals surface area contributed by atoms with Crippen molar-refractivity contribution in [2.24, 2.45) is 5.92 Å². The van der Waals surface area contributed by atoms with Crippen LogP contribution in [-0.4, -0.2) is 23.7 Å². The predicted molar refractivity (Wildman–Crippen MR) is 116 cm³/mol. The number of allylic oxidation sites excluding steroid dienone is 2. The summed E-state index contributed by atoms with van der Waals surface area (Å²) < 4.78 is 5.01. The van der Waals surface area contributed by atoms with E-state index in [9.17, 15) is 9.59 Å². The van der Waals surface area contributed by atoms with Gasteiger partial charge in [-0.3, -0.25) is 9.59 Å². The van der Waals surface area contributed by atoms with Gasteiger partial charge in [0.15, 0.2) is 0 Å². The molecule has 0 rings (SSSR count). The van der Waals surface area contributed by atoms with Crippen LogP contribution >= 0.6 is 0 Å². The van der Waals surface area contributed by atoms with Gasteiger partial charge in [0.05, 0.1) is 12.3 Å². The summed E-state index contributed by atoms with van der Waals surface area (Å²) in [4.78, 5) is 22.8. The predicted octanol–water partition coefficient (Wildman–Crippen LogP) is 6.84. The van der Waals surface area contributed by atoms with Crippen LogP contribution < -0.4 is 0 Å². The van der Waals surface area contributed by atoms with Gasteiger partial charge < -0.3 is 9.84 Å². The Kier molecular flexibility index (Phi) is 19.0. The van der Waals surface area contributed by atoms with E-state index in [1.807, 2.05) is 0 Å². The van der Waals surface area contributed by atoms with E-state index < -0.39 is 17.9 Å². The fourth-order valence-electron chi connectivity index (χ4n) is 3.36. The molecule has 0 bridgehead atoms. The van der Waals surface area contributed by atoms with Crippen LogP contribution in [0.15, 0.2) is 24.8 Å². The molecule has 0 spiro atoms. The minimum absolute atomic E-state index is 0.144. The second-order valence-corrected chi connectivity index (χ2v) is 7.60. The third-order valence-electron chi connectivity index (χ3n) is 5.01. The lowest BCUT2D eigenvalue weighted by atomic mass is 9.97. The summed E-state index contributed by atoms with van der Waals surface area (Å²) in [5.74, 6) is -1.89. The van der Waals surface area contributed by atoms with Crippen molar-refractivity contribution in [2.45, 2.75) is 103 Å². The highest BCUT2D eigenvalue weighted by atomic mass is 16.5. The minimum atomic E-state index is -0.946. The van der Waals surface area contributed by atoms with E-state index in [1.165, 1.54) is 70.3 Å². The SMILES string of the molecule is C=CCOC(=O)C(CCCCCCCCCCCCCC/C=C/C)CC(=O)O. The number of ether oxygens (including phenoxy) is 1. The molecule has 0 aliphatic heterocycles. The van der Waals surface area contributed by atoms with E-state index in [-0.39, 0.29) is 13.0 Å². The molecule has 0 radical (unpaired) electrons. The number of hydrogen-bond acceptors (Lipinski definition) is 3. The zero-order valence-electron chi connectivity index (χ0n) is 18.0. The molecule has 1 atom stereocenters. The summed E-state index contributed by atoms with van der Waals surface area (Å²) in [5, 5.41) is 8.95. The van der Waals surface area contributed by atoms with Crippen LogP contribution in [0.4, 0.5) is 0 Å². The summed E-state index contributed by atoms with van der Waals surface area (Å²) in [7, 11) is 0. The molecule has 4 heteroatoms. The number of carboxylic acid groups (broad SMARTS) is 1. The van der Waals surface area contributed by atoms with E-state index >= 15 is 0 Å². The zero-order valence-corrected chi connectivity index (χ0v) is 18.0. The Balaban J connectivity index is 3.53. The Labute approximate surface area is 172 Å². The molecule has 0 aromatic rings. The monoisotopic (exact) mass is 394 g/mol. The van der Waals surface area contributed by atoms with E-state index in [0.29, 0.717) is 6.42 Å². The number of unbranched alkanes of at least 4 members (excludes halogenated alkanes) is 12. The van der Waals surface area contributed by atoms with Gasteiger partial charge in [-0.2, -0.15) is 0 Å². The fraction of sp³-hybridized carbons (Fsp3) is 0.750. The fourth-order valence-corrected chi connectivity index (χ4v) is 3.36. The van der Waals surface area contributed by atoms with Crippen molar-refractivity contribution in [1.82, 2.24) is 0 Å². The largest absolute Gasteiger partial charge is 0.481 e. The van der Waals surface area contributed by atoms with E-state index in [2.05, 4.69) is 25.7 Å². The Bertz CT molecular complexity index is 428. The number of hydrogen-bond donors (Lipinski definition) is 1. The van der Waals surface area contributed by atoms with Gasteiger partial charge >= 0.3 is 11.9 Å². The number of carbonyl (C=O) groups is 2. The maximum absolute atomic E-state index is 11.9. The van der Waals surface area contributed by atoms with Gasteiger partial charge in [0.25, 0.3) is 0 Å². The number of rotatable bonds is 20. The topological polar surface area (TPSA) is 63.6 Å². The average molecular weight is 395 g/mol. The Morgan fingerprint density at radius 2 is 1.39 bits per heavy atom. The number of carbonyl (C=O) groups excluding carboxylic acids is 1. The van der Waals surface area contributed by atoms with Crippen molar-refractivity contribution in [3.63, 3.8) is 0 Å². The van der Waals surface area contributed by atoms with E-state index in [0.717, 1.165) is 19.3 Å². The molecular weight excluding hydrogens is 352 g/mol. The first kappa shape index (κ1) is 26.4. The highest BCUT2D eigenvalue weighted by Gasteiger charge is 2.22. The van der Waals surface area contributed by atoms with Crippen LogP contribution in [0.3, 0.4) is 0 Å². The molecule has 1 N–H and O–H groups in total. The van der Waals surface area contributed by atoms with Gasteiger partial charge in [-0.25, -0.2) is 0 Å². The standard InChI is InChI=1S/C24H42O4/c1-3-5-6-7-8-9-10-11-12-13-14-15-16-17-18-19-22(21-23(25)26)24(27)28-20-4-2/h3-5,22H,2,6-21H2,1H3,(H,25,26)/b5-3+. The van der Waals surface area contributed by atoms with Crippen molar-refractivity contribution in [1.29, 1.82) is 0 Å². The molecule has 0 aromatic heterocycles. The van der Waals surface area contributed by atoms with Crippen molar-refractivity contribution in [3.05, 3.63) is 24.8 Å². The molecule has 4 nitrogen and oxygen atoms in total. The molecule has 28 heavy (non-hydrogen) atoms. The molecule has 0 aromatic carbocycles. The summed E-state index contributed by atoms with van der Waals surface area (Å²) >= 11 is 0. The first-order valence-corrected chi connectivity index (χ1v) is 11.2. The molecule has 0 heterocycles. The second kappa shape index (κ2) is 20.2. The van der Waals surface area contributed by atoms with Crippen molar-refractivity contribution < 1.29 is 19.4 Å². The van der Waals surface area contributed by atoms with Gasteiger partial charge in [0.2, 0.25) is 0 Å². The lowest BCUT2D eigenvalue weighted by molar-refractivity contribution is -0.152. The minimum Gasteiger partial charge on any atom is -0.481 e. The van der Waals surface area contributed by atoms with Gasteiger partial charge in [-0.1, -0.05) is 95.4 Å². The van der Waals surface area contributed by atoms with Gasteiger partial charge in [-0.05, 0) is 26.2 Å². The van der Waals surface area contributed by atoms with Crippen molar-refractivity contribution >= 4 is 11.9 Å². The molecular formula is C24H42O4. The van der Waals surface area contributed by atoms with Gasteiger partial charge in [0.1, 0.15) is 6.61 Å². The number of carboxylic acids is 1. The summed E-state index contributed by atoms with van der Waals surface area (Å²) in [6.45, 7) is 5.73. The molecule has 0 amide bonds. The zero-order chi connectivity index (χ0) is 20.9. The van der Waals surface area contributed by atoms with E-state index in [4.69, 9.17) is 9.84 Å². The second-order valence-electron chi connectivity index (χ2n) is 7.60. The van der Waals surface area contributed by atoms with Crippen molar-refractivity contribution in [2.75, 3.05) is 6.61 Å². The lowest BCUT2D eigenvalue weighted by Gasteiger charge is -2.13. The van der Waals surface area contributed by atoms with Gasteiger partial charge in [0, 0.05) is 0 Å². The van der Waals surface area contributed by atoms with Crippen LogP contribution in [-0.2, 0) is 14.3 Å². The molecule has 0 aliphatic carbocycles. The van der Waals surface area contributed by atoms with Crippen LogP contribution in [0.5, 0.6) is 0 Å². The molecule has 0 fully saturated rings. The first-order valence-electron chi connectivity index (χ1n) is 11.2. The van der Waals surface area contributed by atoms with Crippen LogP contribution in [0.25, 0.3) is 0 Å². The third-order valence-corrected chi connectivity index (χ3v) is 5.01. The van der Waals surface area contributed by atoms with Crippen molar-refractivity contribution in [3.8, 4) is 0 Å². The Morgan fingerprint density at radius 3 is 1.86 bits per heavy atom.